The van der Waals surface area contributed by atoms with Crippen molar-refractivity contribution in [3.63, 3.8) is 0 Å². The van der Waals surface area contributed by atoms with Crippen LogP contribution in [0.4, 0.5) is 0 Å². The van der Waals surface area contributed by atoms with Crippen LogP contribution in [0.3, 0.4) is 0 Å². The minimum Gasteiger partial charge on any atom is -0.493 e. The lowest BCUT2D eigenvalue weighted by Gasteiger charge is -2.27. The van der Waals surface area contributed by atoms with Crippen LogP contribution in [0.25, 0.3) is 0 Å². The topological polar surface area (TPSA) is 41.9 Å². The van der Waals surface area contributed by atoms with Crippen LogP contribution < -0.4 is 4.74 Å². The van der Waals surface area contributed by atoms with Crippen molar-refractivity contribution >= 4 is 44.1 Å². The number of carbonyl (C=O) groups is 1. The summed E-state index contributed by atoms with van der Waals surface area (Å²) in [5, 5.41) is 0. The molecule has 0 N–H and O–H groups in total. The molecule has 3 aromatic carbocycles. The van der Waals surface area contributed by atoms with Crippen LogP contribution >= 0.6 is 31.9 Å². The molecule has 1 aliphatic heterocycles. The van der Waals surface area contributed by atoms with E-state index in [9.17, 15) is 4.79 Å². The average Bonchev–Trinajstić information content (AvgIpc) is 3.19. The standard InChI is InChI=1S/C28H28Br2N2O2/c1-5-34-24-16-20(28(2,3)4)10-15-23(24)27-31-25(18-6-11-21(29)12-7-18)26(32(27)17-33)19-8-13-22(30)14-9-19/h6-17,25-26H,5H2,1-4H3/t25-,26+/m0/s1. The van der Waals surface area contributed by atoms with Crippen molar-refractivity contribution in [2.75, 3.05) is 6.61 Å². The van der Waals surface area contributed by atoms with Crippen LogP contribution in [-0.4, -0.2) is 23.8 Å². The fourth-order valence-corrected chi connectivity index (χ4v) is 4.77. The number of benzene rings is 3. The first-order valence-electron chi connectivity index (χ1n) is 11.3. The summed E-state index contributed by atoms with van der Waals surface area (Å²) in [6.45, 7) is 9.03. The quantitative estimate of drug-likeness (QED) is 0.280. The zero-order valence-electron chi connectivity index (χ0n) is 19.8. The van der Waals surface area contributed by atoms with Gasteiger partial charge >= 0.3 is 0 Å². The van der Waals surface area contributed by atoms with E-state index < -0.39 is 0 Å². The second-order valence-electron chi connectivity index (χ2n) is 9.35. The first kappa shape index (κ1) is 24.7. The third kappa shape index (κ3) is 4.98. The summed E-state index contributed by atoms with van der Waals surface area (Å²) in [6.07, 6.45) is 0.887. The number of hydrogen-bond acceptors (Lipinski definition) is 3. The van der Waals surface area contributed by atoms with Crippen LogP contribution in [0.15, 0.2) is 80.7 Å². The first-order valence-corrected chi connectivity index (χ1v) is 12.9. The fraction of sp³-hybridized carbons (Fsp3) is 0.286. The first-order chi connectivity index (χ1) is 16.2. The van der Waals surface area contributed by atoms with Gasteiger partial charge in [-0.25, -0.2) is 0 Å². The van der Waals surface area contributed by atoms with Crippen LogP contribution in [0.2, 0.25) is 0 Å². The average molecular weight is 584 g/mol. The van der Waals surface area contributed by atoms with Gasteiger partial charge in [-0.15, -0.1) is 0 Å². The second-order valence-corrected chi connectivity index (χ2v) is 11.2. The van der Waals surface area contributed by atoms with Gasteiger partial charge in [0, 0.05) is 8.95 Å². The van der Waals surface area contributed by atoms with Crippen molar-refractivity contribution in [1.29, 1.82) is 0 Å². The van der Waals surface area contributed by atoms with Crippen LogP contribution in [-0.2, 0) is 10.2 Å². The van der Waals surface area contributed by atoms with E-state index in [1.807, 2.05) is 49.4 Å². The van der Waals surface area contributed by atoms with E-state index in [0.717, 1.165) is 37.8 Å². The highest BCUT2D eigenvalue weighted by atomic mass is 79.9. The van der Waals surface area contributed by atoms with E-state index in [4.69, 9.17) is 9.73 Å². The number of ether oxygens (including phenoxy) is 1. The Morgan fingerprint density at radius 1 is 0.941 bits per heavy atom. The fourth-order valence-electron chi connectivity index (χ4n) is 4.25. The molecule has 0 aromatic heterocycles. The summed E-state index contributed by atoms with van der Waals surface area (Å²) in [7, 11) is 0. The Kier molecular flexibility index (Phi) is 7.29. The normalized spacial score (nSPS) is 18.1. The number of halogens is 2. The number of amidine groups is 1. The molecule has 0 fully saturated rings. The number of aliphatic imine (C=N–C) groups is 1. The number of amides is 1. The molecule has 0 unspecified atom stereocenters. The molecule has 1 heterocycles. The summed E-state index contributed by atoms with van der Waals surface area (Å²) in [5.41, 5.74) is 4.04. The van der Waals surface area contributed by atoms with Gasteiger partial charge in [0.15, 0.2) is 0 Å². The smallest absolute Gasteiger partial charge is 0.215 e. The highest BCUT2D eigenvalue weighted by molar-refractivity contribution is 9.10. The van der Waals surface area contributed by atoms with Crippen LogP contribution in [0, 0.1) is 0 Å². The van der Waals surface area contributed by atoms with E-state index in [2.05, 4.69) is 76.9 Å². The van der Waals surface area contributed by atoms with Gasteiger partial charge in [-0.05, 0) is 65.4 Å². The van der Waals surface area contributed by atoms with E-state index >= 15 is 0 Å². The Morgan fingerprint density at radius 3 is 2.06 bits per heavy atom. The van der Waals surface area contributed by atoms with Crippen molar-refractivity contribution in [2.24, 2.45) is 4.99 Å². The van der Waals surface area contributed by atoms with E-state index in [-0.39, 0.29) is 17.5 Å². The third-order valence-corrected chi connectivity index (χ3v) is 7.09. The number of nitrogens with zero attached hydrogens (tertiary/aromatic N) is 2. The van der Waals surface area contributed by atoms with Crippen LogP contribution in [0.5, 0.6) is 5.75 Å². The molecule has 3 aromatic rings. The Hall–Kier alpha value is -2.44. The van der Waals surface area contributed by atoms with Gasteiger partial charge in [-0.3, -0.25) is 14.7 Å². The van der Waals surface area contributed by atoms with E-state index in [0.29, 0.717) is 12.4 Å². The van der Waals surface area contributed by atoms with Gasteiger partial charge in [0.1, 0.15) is 17.6 Å². The van der Waals surface area contributed by atoms with E-state index in [1.165, 1.54) is 5.56 Å². The molecule has 4 nitrogen and oxygen atoms in total. The maximum atomic E-state index is 12.6. The zero-order valence-corrected chi connectivity index (χ0v) is 22.9. The van der Waals surface area contributed by atoms with Crippen molar-refractivity contribution in [3.8, 4) is 5.75 Å². The number of carbonyl (C=O) groups excluding carboxylic acids is 1. The maximum absolute atomic E-state index is 12.6. The SMILES string of the molecule is CCOc1cc(C(C)(C)C)ccc1C1=N[C@@H](c2ccc(Br)cc2)[C@@H](c2ccc(Br)cc2)N1C=O. The molecule has 0 spiro atoms. The summed E-state index contributed by atoms with van der Waals surface area (Å²) >= 11 is 7.04. The van der Waals surface area contributed by atoms with E-state index in [1.54, 1.807) is 4.90 Å². The van der Waals surface area contributed by atoms with Crippen molar-refractivity contribution in [2.45, 2.75) is 45.2 Å². The molecule has 176 valence electrons. The molecule has 4 rings (SSSR count). The molecule has 2 atom stereocenters. The Balaban J connectivity index is 1.88. The molecule has 0 aliphatic carbocycles. The maximum Gasteiger partial charge on any atom is 0.215 e. The zero-order chi connectivity index (χ0) is 24.5. The lowest BCUT2D eigenvalue weighted by atomic mass is 9.86. The summed E-state index contributed by atoms with van der Waals surface area (Å²) in [6, 6.07) is 21.9. The van der Waals surface area contributed by atoms with Crippen molar-refractivity contribution < 1.29 is 9.53 Å². The lowest BCUT2D eigenvalue weighted by Crippen LogP contribution is -2.31. The summed E-state index contributed by atoms with van der Waals surface area (Å²) < 4.78 is 8.05. The highest BCUT2D eigenvalue weighted by Gasteiger charge is 2.39. The van der Waals surface area contributed by atoms with Crippen molar-refractivity contribution in [3.05, 3.63) is 97.9 Å². The number of hydrogen-bond donors (Lipinski definition) is 0. The minimum atomic E-state index is -0.265. The van der Waals surface area contributed by atoms with Crippen LogP contribution in [0.1, 0.15) is 62.0 Å². The second kappa shape index (κ2) is 10.0. The molecule has 1 amide bonds. The molecule has 0 saturated heterocycles. The Bertz CT molecular complexity index is 1200. The monoisotopic (exact) mass is 582 g/mol. The molecule has 0 bridgehead atoms. The molecule has 6 heteroatoms. The Labute approximate surface area is 218 Å². The summed E-state index contributed by atoms with van der Waals surface area (Å²) in [5.74, 6) is 1.37. The molecule has 0 radical (unpaired) electrons. The molecular weight excluding hydrogens is 556 g/mol. The molecule has 1 aliphatic rings. The van der Waals surface area contributed by atoms with Gasteiger partial charge in [-0.2, -0.15) is 0 Å². The van der Waals surface area contributed by atoms with Gasteiger partial charge < -0.3 is 4.74 Å². The largest absolute Gasteiger partial charge is 0.493 e. The summed E-state index contributed by atoms with van der Waals surface area (Å²) in [4.78, 5) is 19.4. The predicted octanol–water partition coefficient (Wildman–Crippen LogP) is 7.61. The Morgan fingerprint density at radius 2 is 1.53 bits per heavy atom. The van der Waals surface area contributed by atoms with Crippen molar-refractivity contribution in [1.82, 2.24) is 4.90 Å². The minimum absolute atomic E-state index is 0.0217. The molecule has 0 saturated carbocycles. The van der Waals surface area contributed by atoms with Gasteiger partial charge in [0.25, 0.3) is 0 Å². The predicted molar refractivity (Wildman–Crippen MR) is 145 cm³/mol. The van der Waals surface area contributed by atoms with Gasteiger partial charge in [0.2, 0.25) is 6.41 Å². The number of rotatable bonds is 6. The third-order valence-electron chi connectivity index (χ3n) is 6.03. The lowest BCUT2D eigenvalue weighted by molar-refractivity contribution is -0.116. The van der Waals surface area contributed by atoms with Gasteiger partial charge in [-0.1, -0.05) is 83.0 Å². The van der Waals surface area contributed by atoms with Gasteiger partial charge in [0.05, 0.1) is 18.2 Å². The highest BCUT2D eigenvalue weighted by Crippen LogP contribution is 2.44. The molecule has 34 heavy (non-hydrogen) atoms. The molecular formula is C28H28Br2N2O2.